The molecule has 1 spiro atoms. The third-order valence-corrected chi connectivity index (χ3v) is 13.7. The molecule has 1 aliphatic carbocycles. The van der Waals surface area contributed by atoms with E-state index < -0.39 is 32.3 Å². The number of tetrazole rings is 1. The molecule has 1 amide bonds. The van der Waals surface area contributed by atoms with Gasteiger partial charge in [-0.1, -0.05) is 48.5 Å². The summed E-state index contributed by atoms with van der Waals surface area (Å²) in [4.78, 5) is 13.7. The van der Waals surface area contributed by atoms with Crippen molar-refractivity contribution < 1.29 is 45.3 Å². The molecule has 2 aliphatic rings. The van der Waals surface area contributed by atoms with Crippen molar-refractivity contribution >= 4 is 21.7 Å². The standard InChI is InChI=1S/C47H53F3N6O7S/c1-45(2,3)63-44(57)54-27-25-46(26-28-54)23-21-35(22-24-46)39-19-20-40(47(48,49)50)42(41(39)43-51-52-53-56(43)31-34-11-17-38(62-6)18-12-34)64(58,59)55(29-32-7-13-36(60-4)14-8-32)30-33-9-15-37(61-5)16-10-33/h7-21H,22-31H2,1-6H3. The van der Waals surface area contributed by atoms with E-state index in [0.717, 1.165) is 10.4 Å². The van der Waals surface area contributed by atoms with Crippen molar-refractivity contribution in [1.82, 2.24) is 29.4 Å². The van der Waals surface area contributed by atoms with Crippen LogP contribution in [-0.2, 0) is 40.6 Å². The number of benzene rings is 4. The number of ether oxygens (including phenoxy) is 4. The van der Waals surface area contributed by atoms with Crippen LogP contribution < -0.4 is 14.2 Å². The minimum atomic E-state index is -5.11. The Labute approximate surface area is 371 Å². The van der Waals surface area contributed by atoms with E-state index in [-0.39, 0.29) is 48.1 Å². The first-order valence-corrected chi connectivity index (χ1v) is 22.4. The van der Waals surface area contributed by atoms with E-state index in [2.05, 4.69) is 15.5 Å². The smallest absolute Gasteiger partial charge is 0.417 e. The summed E-state index contributed by atoms with van der Waals surface area (Å²) in [6.45, 7) is 5.95. The number of nitrogens with zero attached hydrogens (tertiary/aromatic N) is 6. The number of carbonyl (C=O) groups excluding carboxylic acids is 1. The first kappa shape index (κ1) is 46.1. The molecule has 1 fully saturated rings. The summed E-state index contributed by atoms with van der Waals surface area (Å²) >= 11 is 0. The topological polar surface area (TPSA) is 138 Å². The van der Waals surface area contributed by atoms with Crippen molar-refractivity contribution in [1.29, 1.82) is 0 Å². The Morgan fingerprint density at radius 3 is 1.77 bits per heavy atom. The zero-order valence-electron chi connectivity index (χ0n) is 36.8. The van der Waals surface area contributed by atoms with E-state index in [1.54, 1.807) is 77.7 Å². The lowest BCUT2D eigenvalue weighted by molar-refractivity contribution is -0.139. The fourth-order valence-corrected chi connectivity index (χ4v) is 10.1. The number of hydrogen-bond acceptors (Lipinski definition) is 10. The lowest BCUT2D eigenvalue weighted by Gasteiger charge is -2.44. The summed E-state index contributed by atoms with van der Waals surface area (Å²) < 4.78 is 102. The van der Waals surface area contributed by atoms with Gasteiger partial charge in [0.15, 0.2) is 5.82 Å². The third-order valence-electron chi connectivity index (χ3n) is 11.9. The van der Waals surface area contributed by atoms with E-state index in [1.807, 2.05) is 26.8 Å². The zero-order valence-corrected chi connectivity index (χ0v) is 37.6. The van der Waals surface area contributed by atoms with Gasteiger partial charge in [-0.05, 0) is 139 Å². The number of methoxy groups -OCH3 is 3. The van der Waals surface area contributed by atoms with E-state index in [9.17, 15) is 4.79 Å². The summed E-state index contributed by atoms with van der Waals surface area (Å²) in [6, 6.07) is 22.6. The molecule has 0 N–H and O–H groups in total. The van der Waals surface area contributed by atoms with Gasteiger partial charge in [0.05, 0.1) is 33.4 Å². The van der Waals surface area contributed by atoms with Gasteiger partial charge in [-0.25, -0.2) is 17.9 Å². The van der Waals surface area contributed by atoms with Gasteiger partial charge in [-0.3, -0.25) is 0 Å². The number of alkyl halides is 3. The Hall–Kier alpha value is -5.94. The molecule has 17 heteroatoms. The normalized spacial score (nSPS) is 15.5. The summed E-state index contributed by atoms with van der Waals surface area (Å²) in [5.41, 5.74) is 0.321. The number of rotatable bonds is 13. The minimum absolute atomic E-state index is 0.0131. The molecule has 1 aromatic heterocycles. The molecule has 1 aliphatic heterocycles. The molecule has 1 saturated heterocycles. The van der Waals surface area contributed by atoms with E-state index >= 15 is 21.6 Å². The minimum Gasteiger partial charge on any atom is -0.497 e. The number of amides is 1. The maximum Gasteiger partial charge on any atom is 0.417 e. The van der Waals surface area contributed by atoms with Gasteiger partial charge in [0.2, 0.25) is 10.0 Å². The lowest BCUT2D eigenvalue weighted by Crippen LogP contribution is -2.45. The van der Waals surface area contributed by atoms with Crippen LogP contribution in [0.5, 0.6) is 17.2 Å². The van der Waals surface area contributed by atoms with Crippen LogP contribution in [0.15, 0.2) is 95.9 Å². The van der Waals surface area contributed by atoms with Crippen molar-refractivity contribution in [3.05, 3.63) is 119 Å². The maximum absolute atomic E-state index is 15.6. The number of hydrogen-bond donors (Lipinski definition) is 0. The highest BCUT2D eigenvalue weighted by Crippen LogP contribution is 2.50. The highest BCUT2D eigenvalue weighted by Gasteiger charge is 2.44. The predicted molar refractivity (Wildman–Crippen MR) is 234 cm³/mol. The first-order valence-electron chi connectivity index (χ1n) is 21.0. The highest BCUT2D eigenvalue weighted by atomic mass is 32.2. The van der Waals surface area contributed by atoms with Crippen LogP contribution in [-0.4, -0.2) is 83.9 Å². The van der Waals surface area contributed by atoms with Gasteiger partial charge in [-0.15, -0.1) is 5.10 Å². The molecule has 0 unspecified atom stereocenters. The summed E-state index contributed by atoms with van der Waals surface area (Å²) in [6.07, 6.45) is -0.374. The number of likely N-dealkylation sites (tertiary alicyclic amines) is 1. The lowest BCUT2D eigenvalue weighted by atomic mass is 9.68. The van der Waals surface area contributed by atoms with Gasteiger partial charge >= 0.3 is 12.3 Å². The monoisotopic (exact) mass is 902 g/mol. The molecule has 5 aromatic rings. The number of aromatic nitrogens is 4. The largest absolute Gasteiger partial charge is 0.497 e. The van der Waals surface area contributed by atoms with Crippen molar-refractivity contribution in [2.75, 3.05) is 34.4 Å². The second-order valence-corrected chi connectivity index (χ2v) is 19.1. The van der Waals surface area contributed by atoms with Gasteiger partial charge in [-0.2, -0.15) is 17.5 Å². The average Bonchev–Trinajstić information content (AvgIpc) is 3.73. The average molecular weight is 903 g/mol. The number of sulfonamides is 1. The van der Waals surface area contributed by atoms with Gasteiger partial charge in [0.1, 0.15) is 27.7 Å². The van der Waals surface area contributed by atoms with Crippen LogP contribution in [0.25, 0.3) is 17.0 Å². The van der Waals surface area contributed by atoms with Crippen LogP contribution in [0.2, 0.25) is 0 Å². The molecule has 0 saturated carbocycles. The molecule has 2 heterocycles. The SMILES string of the molecule is COc1ccc(CN(Cc2ccc(OC)cc2)S(=O)(=O)c2c(C(F)(F)F)ccc(C3=CCC4(CC3)CCN(C(=O)OC(C)(C)C)CC4)c2-c2nnnn2Cc2ccc(OC)cc2)cc1. The Morgan fingerprint density at radius 2 is 1.30 bits per heavy atom. The second kappa shape index (κ2) is 18.6. The maximum atomic E-state index is 15.6. The van der Waals surface area contributed by atoms with Crippen molar-refractivity contribution in [3.8, 4) is 28.6 Å². The molecule has 0 atom stereocenters. The molecule has 0 radical (unpaired) electrons. The second-order valence-electron chi connectivity index (χ2n) is 17.2. The van der Waals surface area contributed by atoms with Crippen molar-refractivity contribution in [2.45, 2.75) is 89.2 Å². The van der Waals surface area contributed by atoms with Crippen LogP contribution in [0.4, 0.5) is 18.0 Å². The number of allylic oxidation sites excluding steroid dienone is 2. The molecular formula is C47H53F3N6O7S. The van der Waals surface area contributed by atoms with Gasteiger partial charge < -0.3 is 23.8 Å². The Morgan fingerprint density at radius 1 is 0.766 bits per heavy atom. The van der Waals surface area contributed by atoms with Crippen LogP contribution >= 0.6 is 0 Å². The molecule has 4 aromatic carbocycles. The fourth-order valence-electron chi connectivity index (χ4n) is 8.31. The molecule has 13 nitrogen and oxygen atoms in total. The zero-order chi connectivity index (χ0) is 45.9. The number of halogens is 3. The van der Waals surface area contributed by atoms with Crippen LogP contribution in [0, 0.1) is 5.41 Å². The first-order chi connectivity index (χ1) is 30.4. The quantitative estimate of drug-likeness (QED) is 0.112. The summed E-state index contributed by atoms with van der Waals surface area (Å²) in [5.74, 6) is 1.52. The number of piperidine rings is 1. The highest BCUT2D eigenvalue weighted by molar-refractivity contribution is 7.89. The van der Waals surface area contributed by atoms with Gasteiger partial charge in [0, 0.05) is 31.7 Å². The Bertz CT molecular complexity index is 2520. The molecule has 64 heavy (non-hydrogen) atoms. The van der Waals surface area contributed by atoms with E-state index in [1.165, 1.54) is 32.1 Å². The predicted octanol–water partition coefficient (Wildman–Crippen LogP) is 9.41. The summed E-state index contributed by atoms with van der Waals surface area (Å²) in [5, 5.41) is 12.4. The Balaban J connectivity index is 1.37. The van der Waals surface area contributed by atoms with Crippen molar-refractivity contribution in [3.63, 3.8) is 0 Å². The summed E-state index contributed by atoms with van der Waals surface area (Å²) in [7, 11) is -0.527. The fraction of sp³-hybridized carbons (Fsp3) is 0.404. The molecule has 0 bridgehead atoms. The van der Waals surface area contributed by atoms with E-state index in [4.69, 9.17) is 18.9 Å². The molecule has 340 valence electrons. The number of carbonyl (C=O) groups is 1. The van der Waals surface area contributed by atoms with Crippen LogP contribution in [0.3, 0.4) is 0 Å². The third kappa shape index (κ3) is 10.4. The molecule has 7 rings (SSSR count). The van der Waals surface area contributed by atoms with Crippen molar-refractivity contribution in [2.24, 2.45) is 5.41 Å². The van der Waals surface area contributed by atoms with E-state index in [0.29, 0.717) is 84.7 Å². The Kier molecular flexibility index (Phi) is 13.4. The van der Waals surface area contributed by atoms with Gasteiger partial charge in [0.25, 0.3) is 0 Å². The molecular weight excluding hydrogens is 850 g/mol. The van der Waals surface area contributed by atoms with Crippen LogP contribution in [0.1, 0.15) is 80.7 Å².